The number of para-hydroxylation sites is 1. The van der Waals surface area contributed by atoms with Crippen LogP contribution in [0.4, 0.5) is 14.5 Å². The van der Waals surface area contributed by atoms with Gasteiger partial charge in [0.15, 0.2) is 11.3 Å². The van der Waals surface area contributed by atoms with Crippen molar-refractivity contribution in [3.63, 3.8) is 0 Å². The third kappa shape index (κ3) is 3.86. The molecule has 4 rings (SSSR count). The lowest BCUT2D eigenvalue weighted by Gasteiger charge is -2.11. The van der Waals surface area contributed by atoms with Gasteiger partial charge in [0.25, 0.3) is 12.3 Å². The number of fused-ring (bicyclic) bond motifs is 1. The first-order chi connectivity index (χ1) is 15.8. The van der Waals surface area contributed by atoms with Crippen molar-refractivity contribution in [3.8, 4) is 17.0 Å². The summed E-state index contributed by atoms with van der Waals surface area (Å²) in [7, 11) is 4.16. The molecule has 4 aromatic rings. The van der Waals surface area contributed by atoms with Crippen LogP contribution in [-0.4, -0.2) is 50.5 Å². The Labute approximate surface area is 185 Å². The number of methoxy groups -OCH3 is 2. The highest BCUT2D eigenvalue weighted by atomic mass is 19.3. The average Bonchev–Trinajstić information content (AvgIpc) is 3.41. The van der Waals surface area contributed by atoms with E-state index in [1.165, 1.54) is 38.2 Å². The van der Waals surface area contributed by atoms with Gasteiger partial charge in [0.1, 0.15) is 17.0 Å². The smallest absolute Gasteiger partial charge is 0.358 e. The Morgan fingerprint density at radius 2 is 1.88 bits per heavy atom. The molecule has 3 aromatic heterocycles. The molecule has 33 heavy (non-hydrogen) atoms. The van der Waals surface area contributed by atoms with Crippen LogP contribution in [0.5, 0.6) is 5.75 Å². The number of benzene rings is 1. The zero-order chi connectivity index (χ0) is 23.7. The Morgan fingerprint density at radius 3 is 2.58 bits per heavy atom. The van der Waals surface area contributed by atoms with Gasteiger partial charge >= 0.3 is 5.97 Å². The predicted molar refractivity (Wildman–Crippen MR) is 112 cm³/mol. The molecule has 0 saturated heterocycles. The van der Waals surface area contributed by atoms with Gasteiger partial charge in [-0.05, 0) is 18.2 Å². The van der Waals surface area contributed by atoms with Gasteiger partial charge in [-0.1, -0.05) is 12.1 Å². The third-order valence-electron chi connectivity index (χ3n) is 4.92. The lowest BCUT2D eigenvalue weighted by Crippen LogP contribution is -2.16. The summed E-state index contributed by atoms with van der Waals surface area (Å²) in [6, 6.07) is 7.98. The van der Waals surface area contributed by atoms with Gasteiger partial charge in [0.05, 0.1) is 38.0 Å². The first-order valence-electron chi connectivity index (χ1n) is 9.57. The summed E-state index contributed by atoms with van der Waals surface area (Å²) in [5.74, 6) is -0.993. The minimum Gasteiger partial charge on any atom is -0.496 e. The van der Waals surface area contributed by atoms with Crippen LogP contribution >= 0.6 is 0 Å². The normalized spacial score (nSPS) is 11.1. The van der Waals surface area contributed by atoms with Crippen LogP contribution in [-0.2, 0) is 11.8 Å². The van der Waals surface area contributed by atoms with Crippen LogP contribution in [0.1, 0.15) is 33.0 Å². The van der Waals surface area contributed by atoms with E-state index in [1.54, 1.807) is 24.3 Å². The van der Waals surface area contributed by atoms with E-state index in [2.05, 4.69) is 20.5 Å². The second-order valence-corrected chi connectivity index (χ2v) is 6.84. The number of nitrogens with one attached hydrogen (secondary N) is 1. The number of anilines is 1. The molecule has 1 N–H and O–H groups in total. The molecule has 12 heteroatoms. The lowest BCUT2D eigenvalue weighted by atomic mass is 10.1. The number of ether oxygens (including phenoxy) is 2. The van der Waals surface area contributed by atoms with Gasteiger partial charge < -0.3 is 14.8 Å². The Hall–Kier alpha value is -4.35. The molecule has 3 heterocycles. The minimum absolute atomic E-state index is 0.0123. The van der Waals surface area contributed by atoms with Crippen molar-refractivity contribution in [2.75, 3.05) is 19.5 Å². The zero-order valence-electron chi connectivity index (χ0n) is 17.7. The highest BCUT2D eigenvalue weighted by Gasteiger charge is 2.25. The summed E-state index contributed by atoms with van der Waals surface area (Å²) >= 11 is 0. The maximum atomic E-state index is 13.8. The first kappa shape index (κ1) is 21.9. The number of rotatable bonds is 6. The molecule has 0 bridgehead atoms. The number of aromatic nitrogens is 5. The summed E-state index contributed by atoms with van der Waals surface area (Å²) in [6.45, 7) is 0. The van der Waals surface area contributed by atoms with E-state index in [-0.39, 0.29) is 28.3 Å². The van der Waals surface area contributed by atoms with Crippen LogP contribution in [0.2, 0.25) is 0 Å². The average molecular weight is 456 g/mol. The molecule has 170 valence electrons. The quantitative estimate of drug-likeness (QED) is 0.444. The highest BCUT2D eigenvalue weighted by Crippen LogP contribution is 2.32. The van der Waals surface area contributed by atoms with E-state index < -0.39 is 24.0 Å². The second-order valence-electron chi connectivity index (χ2n) is 6.84. The maximum Gasteiger partial charge on any atom is 0.358 e. The molecule has 1 amide bonds. The molecule has 1 aromatic carbocycles. The van der Waals surface area contributed by atoms with Crippen LogP contribution in [0.15, 0.2) is 42.7 Å². The maximum absolute atomic E-state index is 13.8. The number of hydrogen-bond acceptors (Lipinski definition) is 7. The molecule has 0 spiro atoms. The van der Waals surface area contributed by atoms with Gasteiger partial charge in [-0.3, -0.25) is 9.48 Å². The molecular formula is C21H18F2N6O4. The molecule has 0 saturated carbocycles. The van der Waals surface area contributed by atoms with Crippen molar-refractivity contribution in [1.82, 2.24) is 24.4 Å². The van der Waals surface area contributed by atoms with Gasteiger partial charge in [0.2, 0.25) is 0 Å². The molecule has 0 unspecified atom stereocenters. The Bertz CT molecular complexity index is 1360. The number of carbonyl (C=O) groups excluding carboxylic acids is 2. The van der Waals surface area contributed by atoms with E-state index in [4.69, 9.17) is 9.47 Å². The van der Waals surface area contributed by atoms with Crippen molar-refractivity contribution >= 4 is 23.2 Å². The van der Waals surface area contributed by atoms with Crippen molar-refractivity contribution in [3.05, 3.63) is 59.7 Å². The van der Waals surface area contributed by atoms with Gasteiger partial charge in [0, 0.05) is 12.6 Å². The first-order valence-corrected chi connectivity index (χ1v) is 9.57. The molecule has 0 fully saturated rings. The highest BCUT2D eigenvalue weighted by molar-refractivity contribution is 6.10. The summed E-state index contributed by atoms with van der Waals surface area (Å²) in [4.78, 5) is 29.4. The molecule has 0 atom stereocenters. The van der Waals surface area contributed by atoms with Crippen molar-refractivity contribution in [1.29, 1.82) is 0 Å². The molecule has 0 radical (unpaired) electrons. The number of amides is 1. The van der Waals surface area contributed by atoms with E-state index in [1.807, 2.05) is 0 Å². The fourth-order valence-corrected chi connectivity index (χ4v) is 3.35. The fourth-order valence-electron chi connectivity index (χ4n) is 3.35. The number of nitrogens with zero attached hydrogens (tertiary/aromatic N) is 5. The number of carbonyl (C=O) groups is 2. The van der Waals surface area contributed by atoms with E-state index in [9.17, 15) is 18.4 Å². The number of esters is 1. The molecular weight excluding hydrogens is 438 g/mol. The van der Waals surface area contributed by atoms with Crippen molar-refractivity contribution in [2.24, 2.45) is 7.05 Å². The Kier molecular flexibility index (Phi) is 5.73. The van der Waals surface area contributed by atoms with Gasteiger partial charge in [-0.15, -0.1) is 0 Å². The topological polar surface area (TPSA) is 113 Å². The summed E-state index contributed by atoms with van der Waals surface area (Å²) < 4.78 is 39.8. The monoisotopic (exact) mass is 456 g/mol. The SMILES string of the molecule is COC(=O)c1c(NC(=O)c2cnn3c(C(F)F)cc(-c4ccccc4OC)nc23)cnn1C. The molecule has 0 aliphatic heterocycles. The standard InChI is InChI=1S/C21H18F2N6O4/c1-28-17(21(31)33-3)14(10-24-28)27-20(30)12-9-25-29-15(18(22)23)8-13(26-19(12)29)11-6-4-5-7-16(11)32-2/h4-10,18H,1-3H3,(H,27,30). The molecule has 0 aliphatic rings. The van der Waals surface area contributed by atoms with Crippen LogP contribution in [0, 0.1) is 0 Å². The van der Waals surface area contributed by atoms with Gasteiger partial charge in [-0.2, -0.15) is 10.2 Å². The van der Waals surface area contributed by atoms with E-state index in [0.29, 0.717) is 11.3 Å². The molecule has 0 aliphatic carbocycles. The van der Waals surface area contributed by atoms with Crippen LogP contribution in [0.3, 0.4) is 0 Å². The summed E-state index contributed by atoms with van der Waals surface area (Å²) in [5, 5.41) is 10.4. The van der Waals surface area contributed by atoms with Crippen LogP contribution < -0.4 is 10.1 Å². The Morgan fingerprint density at radius 1 is 1.12 bits per heavy atom. The predicted octanol–water partition coefficient (Wildman–Crippen LogP) is 3.11. The lowest BCUT2D eigenvalue weighted by molar-refractivity contribution is 0.0589. The van der Waals surface area contributed by atoms with Crippen LogP contribution in [0.25, 0.3) is 16.9 Å². The molecule has 10 nitrogen and oxygen atoms in total. The summed E-state index contributed by atoms with van der Waals surface area (Å²) in [5.41, 5.74) is 0.139. The number of halogens is 2. The van der Waals surface area contributed by atoms with E-state index in [0.717, 1.165) is 10.7 Å². The van der Waals surface area contributed by atoms with Gasteiger partial charge in [-0.25, -0.2) is 23.1 Å². The third-order valence-corrected chi connectivity index (χ3v) is 4.92. The number of hydrogen-bond donors (Lipinski definition) is 1. The number of aryl methyl sites for hydroxylation is 1. The summed E-state index contributed by atoms with van der Waals surface area (Å²) in [6.07, 6.45) is -0.485. The zero-order valence-corrected chi connectivity index (χ0v) is 17.7. The fraction of sp³-hybridized carbons (Fsp3) is 0.190. The Balaban J connectivity index is 1.82. The van der Waals surface area contributed by atoms with Crippen molar-refractivity contribution < 1.29 is 27.8 Å². The van der Waals surface area contributed by atoms with Crippen molar-refractivity contribution in [2.45, 2.75) is 6.43 Å². The number of alkyl halides is 2. The van der Waals surface area contributed by atoms with E-state index >= 15 is 0 Å². The second kappa shape index (κ2) is 8.65. The minimum atomic E-state index is -2.89. The largest absolute Gasteiger partial charge is 0.496 e.